The number of carboxylic acids is 1. The number of rotatable bonds is 43. The van der Waals surface area contributed by atoms with Crippen LogP contribution in [0.3, 0.4) is 0 Å². The molecule has 0 radical (unpaired) electrons. The van der Waals surface area contributed by atoms with Crippen molar-refractivity contribution in [1.29, 1.82) is 0 Å². The van der Waals surface area contributed by atoms with Crippen LogP contribution in [0.5, 0.6) is 0 Å². The molecule has 0 aliphatic carbocycles. The highest BCUT2D eigenvalue weighted by molar-refractivity contribution is 7.47. The maximum absolute atomic E-state index is 12.6. The lowest BCUT2D eigenvalue weighted by Gasteiger charge is -2.20. The molecule has 10 nitrogen and oxygen atoms in total. The van der Waals surface area contributed by atoms with Crippen LogP contribution in [0.25, 0.3) is 0 Å². The Morgan fingerprint density at radius 2 is 0.945 bits per heavy atom. The summed E-state index contributed by atoms with van der Waals surface area (Å²) in [4.78, 5) is 33.5. The van der Waals surface area contributed by atoms with Crippen molar-refractivity contribution in [3.8, 4) is 0 Å². The standard InChI is InChI=1S/C44H84NO9P/c1-3-5-7-9-11-13-15-17-19-21-23-25-27-29-31-33-35-37-51-38-41(39-52-55(49,50)53-40-42(45)44(47)48)54-43(46)36-34-32-30-28-26-24-22-20-18-16-14-12-10-8-6-4-2/h19-22,41-42H,3-18,23-40,45H2,1-2H3,(H,47,48)(H,49,50)/b21-19-,22-20-. The second-order valence-electron chi connectivity index (χ2n) is 15.2. The van der Waals surface area contributed by atoms with Gasteiger partial charge in [0.15, 0.2) is 0 Å². The van der Waals surface area contributed by atoms with Crippen molar-refractivity contribution in [3.63, 3.8) is 0 Å². The first-order chi connectivity index (χ1) is 26.7. The number of allylic oxidation sites excluding steroid dienone is 4. The van der Waals surface area contributed by atoms with E-state index in [1.165, 1.54) is 122 Å². The Labute approximate surface area is 336 Å². The van der Waals surface area contributed by atoms with Crippen LogP contribution < -0.4 is 5.73 Å². The molecular formula is C44H84NO9P. The van der Waals surface area contributed by atoms with Gasteiger partial charge in [0.25, 0.3) is 0 Å². The number of aliphatic carboxylic acids is 1. The van der Waals surface area contributed by atoms with E-state index in [-0.39, 0.29) is 13.0 Å². The molecule has 0 aromatic rings. The lowest BCUT2D eigenvalue weighted by atomic mass is 10.1. The number of carbonyl (C=O) groups is 2. The van der Waals surface area contributed by atoms with E-state index in [0.717, 1.165) is 57.8 Å². The summed E-state index contributed by atoms with van der Waals surface area (Å²) in [7, 11) is -4.62. The Hall–Kier alpha value is -1.55. The average molecular weight is 802 g/mol. The Morgan fingerprint density at radius 3 is 1.38 bits per heavy atom. The largest absolute Gasteiger partial charge is 0.480 e. The van der Waals surface area contributed by atoms with E-state index in [4.69, 9.17) is 29.4 Å². The lowest BCUT2D eigenvalue weighted by molar-refractivity contribution is -0.154. The molecule has 0 saturated carbocycles. The number of carboxylic acid groups (broad SMARTS) is 1. The number of phosphoric acid groups is 1. The average Bonchev–Trinajstić information content (AvgIpc) is 3.16. The van der Waals surface area contributed by atoms with E-state index >= 15 is 0 Å². The molecule has 0 aromatic carbocycles. The summed E-state index contributed by atoms with van der Waals surface area (Å²) in [6.45, 7) is 3.87. The molecule has 0 amide bonds. The van der Waals surface area contributed by atoms with Gasteiger partial charge in [-0.25, -0.2) is 4.57 Å². The minimum Gasteiger partial charge on any atom is -0.480 e. The molecule has 324 valence electrons. The fourth-order valence-corrected chi connectivity index (χ4v) is 6.96. The first-order valence-electron chi connectivity index (χ1n) is 22.4. The normalized spacial score (nSPS) is 14.1. The van der Waals surface area contributed by atoms with Gasteiger partial charge in [-0.05, 0) is 64.2 Å². The number of hydrogen-bond acceptors (Lipinski definition) is 8. The monoisotopic (exact) mass is 802 g/mol. The molecule has 0 aliphatic heterocycles. The second-order valence-corrected chi connectivity index (χ2v) is 16.6. The maximum atomic E-state index is 12.6. The summed E-state index contributed by atoms with van der Waals surface area (Å²) >= 11 is 0. The van der Waals surface area contributed by atoms with Gasteiger partial charge in [0.05, 0.1) is 19.8 Å². The van der Waals surface area contributed by atoms with Crippen molar-refractivity contribution in [2.45, 2.75) is 219 Å². The van der Waals surface area contributed by atoms with Gasteiger partial charge in [-0.1, -0.05) is 160 Å². The molecule has 0 bridgehead atoms. The molecule has 55 heavy (non-hydrogen) atoms. The third-order valence-corrected chi connectivity index (χ3v) is 10.7. The summed E-state index contributed by atoms with van der Waals surface area (Å²) in [5, 5.41) is 8.90. The number of hydrogen-bond donors (Lipinski definition) is 3. The molecule has 0 aromatic heterocycles. The summed E-state index contributed by atoms with van der Waals surface area (Å²) in [6.07, 6.45) is 43.7. The van der Waals surface area contributed by atoms with Gasteiger partial charge in [0.2, 0.25) is 0 Å². The molecule has 0 fully saturated rings. The van der Waals surface area contributed by atoms with Crippen molar-refractivity contribution in [1.82, 2.24) is 0 Å². The molecule has 0 spiro atoms. The van der Waals surface area contributed by atoms with Gasteiger partial charge in [0, 0.05) is 13.0 Å². The van der Waals surface area contributed by atoms with Crippen molar-refractivity contribution >= 4 is 19.8 Å². The van der Waals surface area contributed by atoms with Crippen molar-refractivity contribution < 1.29 is 42.7 Å². The van der Waals surface area contributed by atoms with E-state index in [9.17, 15) is 19.0 Å². The quantitative estimate of drug-likeness (QED) is 0.0235. The second kappa shape index (κ2) is 40.6. The zero-order valence-corrected chi connectivity index (χ0v) is 36.2. The van der Waals surface area contributed by atoms with Crippen molar-refractivity contribution in [3.05, 3.63) is 24.3 Å². The maximum Gasteiger partial charge on any atom is 0.472 e. The summed E-state index contributed by atoms with van der Waals surface area (Å²) in [5.74, 6) is -1.78. The fourth-order valence-electron chi connectivity index (χ4n) is 6.18. The first kappa shape index (κ1) is 53.5. The Balaban J connectivity index is 4.24. The molecule has 3 unspecified atom stereocenters. The molecule has 11 heteroatoms. The van der Waals surface area contributed by atoms with Gasteiger partial charge in [0.1, 0.15) is 12.1 Å². The van der Waals surface area contributed by atoms with E-state index in [1.54, 1.807) is 0 Å². The number of ether oxygens (including phenoxy) is 2. The third kappa shape index (κ3) is 40.4. The smallest absolute Gasteiger partial charge is 0.472 e. The predicted octanol–water partition coefficient (Wildman–Crippen LogP) is 12.3. The highest BCUT2D eigenvalue weighted by Crippen LogP contribution is 2.43. The van der Waals surface area contributed by atoms with Gasteiger partial charge in [-0.2, -0.15) is 0 Å². The van der Waals surface area contributed by atoms with Crippen molar-refractivity contribution in [2.24, 2.45) is 5.73 Å². The highest BCUT2D eigenvalue weighted by Gasteiger charge is 2.27. The molecule has 0 aliphatic rings. The Bertz CT molecular complexity index is 977. The van der Waals surface area contributed by atoms with Gasteiger partial charge in [-0.15, -0.1) is 0 Å². The first-order valence-corrected chi connectivity index (χ1v) is 23.9. The van der Waals surface area contributed by atoms with E-state index < -0.39 is 45.1 Å². The summed E-state index contributed by atoms with van der Waals surface area (Å²) in [5.41, 5.74) is 5.36. The zero-order chi connectivity index (χ0) is 40.5. The van der Waals surface area contributed by atoms with E-state index in [2.05, 4.69) is 38.2 Å². The van der Waals surface area contributed by atoms with Crippen LogP contribution in [0.4, 0.5) is 0 Å². The van der Waals surface area contributed by atoms with Gasteiger partial charge in [-0.3, -0.25) is 18.6 Å². The van der Waals surface area contributed by atoms with Crippen LogP contribution in [-0.4, -0.2) is 60.5 Å². The number of carbonyl (C=O) groups excluding carboxylic acids is 1. The van der Waals surface area contributed by atoms with Crippen molar-refractivity contribution in [2.75, 3.05) is 26.4 Å². The number of esters is 1. The van der Waals surface area contributed by atoms with Gasteiger partial charge >= 0.3 is 19.8 Å². The lowest BCUT2D eigenvalue weighted by Crippen LogP contribution is -2.34. The highest BCUT2D eigenvalue weighted by atomic mass is 31.2. The minimum absolute atomic E-state index is 0.0120. The van der Waals surface area contributed by atoms with Gasteiger partial charge < -0.3 is 25.2 Å². The van der Waals surface area contributed by atoms with E-state index in [1.807, 2.05) is 0 Å². The molecule has 4 N–H and O–H groups in total. The summed E-state index contributed by atoms with van der Waals surface area (Å²) in [6, 6.07) is -1.47. The molecule has 0 rings (SSSR count). The SMILES string of the molecule is CCCCCCCCC/C=C\CCCCCCCCOCC(COP(=O)(O)OCC(N)C(=O)O)OC(=O)CCCCCCC/C=C\CCCCCCCCC. The number of nitrogens with two attached hydrogens (primary N) is 1. The molecule has 0 heterocycles. The van der Waals surface area contributed by atoms with Crippen LogP contribution in [-0.2, 0) is 32.7 Å². The van der Waals surface area contributed by atoms with Crippen LogP contribution >= 0.6 is 7.82 Å². The molecular weight excluding hydrogens is 717 g/mol. The molecule has 3 atom stereocenters. The molecule has 0 saturated heterocycles. The zero-order valence-electron chi connectivity index (χ0n) is 35.3. The Kier molecular flexibility index (Phi) is 39.5. The third-order valence-electron chi connectivity index (χ3n) is 9.70. The van der Waals surface area contributed by atoms with E-state index in [0.29, 0.717) is 13.0 Å². The summed E-state index contributed by atoms with van der Waals surface area (Å²) < 4.78 is 33.4. The fraction of sp³-hybridized carbons (Fsp3) is 0.864. The van der Waals surface area contributed by atoms with Crippen LogP contribution in [0.1, 0.15) is 206 Å². The number of unbranched alkanes of at least 4 members (excludes halogenated alkanes) is 25. The topological polar surface area (TPSA) is 155 Å². The minimum atomic E-state index is -4.62. The Morgan fingerprint density at radius 1 is 0.564 bits per heavy atom. The van der Waals surface area contributed by atoms with Crippen LogP contribution in [0.15, 0.2) is 24.3 Å². The van der Waals surface area contributed by atoms with Crippen LogP contribution in [0, 0.1) is 0 Å². The van der Waals surface area contributed by atoms with Crippen LogP contribution in [0.2, 0.25) is 0 Å². The predicted molar refractivity (Wildman–Crippen MR) is 226 cm³/mol. The number of phosphoric ester groups is 1.